The van der Waals surface area contributed by atoms with Gasteiger partial charge in [-0.3, -0.25) is 14.4 Å². The average molecular weight is 1410 g/mol. The van der Waals surface area contributed by atoms with Crippen LogP contribution in [0.5, 0.6) is 0 Å². The molecule has 0 aromatic heterocycles. The van der Waals surface area contributed by atoms with Gasteiger partial charge in [-0.25, -0.2) is 55.0 Å². The molecule has 2 aliphatic rings. The molecule has 15 nitrogen and oxygen atoms in total. The van der Waals surface area contributed by atoms with E-state index in [0.717, 1.165) is 67.5 Å². The quantitative estimate of drug-likeness (QED) is 0.0121. The molecule has 18 heteroatoms. The van der Waals surface area contributed by atoms with Crippen molar-refractivity contribution in [3.63, 3.8) is 0 Å². The Morgan fingerprint density at radius 1 is 0.365 bits per heavy atom. The number of carbonyl (C=O) groups is 3. The van der Waals surface area contributed by atoms with Gasteiger partial charge < -0.3 is 34.8 Å². The third-order valence-electron chi connectivity index (χ3n) is 12.9. The van der Waals surface area contributed by atoms with Gasteiger partial charge in [0, 0.05) is 0 Å². The van der Waals surface area contributed by atoms with Crippen LogP contribution >= 0.6 is 0 Å². The fourth-order valence-corrected chi connectivity index (χ4v) is 8.26. The van der Waals surface area contributed by atoms with Crippen LogP contribution in [-0.4, -0.2) is 59.1 Å². The van der Waals surface area contributed by atoms with Gasteiger partial charge >= 0.3 is 51.2 Å². The van der Waals surface area contributed by atoms with Gasteiger partial charge in [-0.2, -0.15) is 122 Å². The molecule has 1 saturated carbocycles. The van der Waals surface area contributed by atoms with Gasteiger partial charge in [-0.05, 0) is 94.9 Å². The van der Waals surface area contributed by atoms with Crippen LogP contribution in [0, 0.1) is 50.4 Å². The van der Waals surface area contributed by atoms with E-state index in [4.69, 9.17) is 14.2 Å². The molecule has 0 amide bonds. The van der Waals surface area contributed by atoms with E-state index >= 15 is 0 Å². The number of azo groups is 3. The van der Waals surface area contributed by atoms with E-state index in [1.807, 2.05) is 256 Å². The van der Waals surface area contributed by atoms with Crippen molar-refractivity contribution in [1.82, 2.24) is 0 Å². The van der Waals surface area contributed by atoms with Crippen molar-refractivity contribution in [3.8, 4) is 11.1 Å². The number of ether oxygens (including phenoxy) is 6. The second-order valence-electron chi connectivity index (χ2n) is 19.7. The van der Waals surface area contributed by atoms with Crippen molar-refractivity contribution in [2.75, 3.05) is 39.6 Å². The predicted molar refractivity (Wildman–Crippen MR) is 363 cm³/mol. The smallest absolute Gasteiger partial charge is 0.465 e. The molecule has 0 spiro atoms. The maximum absolute atomic E-state index is 10.0. The second-order valence-corrected chi connectivity index (χ2v) is 19.7. The second kappa shape index (κ2) is 50.4. The zero-order valence-corrected chi connectivity index (χ0v) is 55.8. The summed E-state index contributed by atoms with van der Waals surface area (Å²) in [6.07, 6.45) is 16.4. The Labute approximate surface area is 596 Å². The van der Waals surface area contributed by atoms with E-state index in [0.29, 0.717) is 59.1 Å². The van der Waals surface area contributed by atoms with Crippen LogP contribution in [0.15, 0.2) is 304 Å². The van der Waals surface area contributed by atoms with E-state index in [1.165, 1.54) is 17.4 Å². The molecule has 0 aliphatic heterocycles. The molecule has 10 aromatic rings. The van der Waals surface area contributed by atoms with Crippen LogP contribution in [0.3, 0.4) is 0 Å². The van der Waals surface area contributed by atoms with Gasteiger partial charge in [0.25, 0.3) is 19.4 Å². The summed E-state index contributed by atoms with van der Waals surface area (Å²) in [5.41, 5.74) is 12.4. The largest absolute Gasteiger partial charge is 3.00 e. The van der Waals surface area contributed by atoms with Crippen molar-refractivity contribution >= 4 is 53.5 Å². The van der Waals surface area contributed by atoms with Crippen molar-refractivity contribution in [2.24, 2.45) is 30.7 Å². The number of benzene rings is 6. The molecule has 96 heavy (non-hydrogen) atoms. The van der Waals surface area contributed by atoms with Gasteiger partial charge in [0.1, 0.15) is 19.8 Å². The molecular formula is C78H72Fe3N6O9+3. The molecule has 12 rings (SSSR count). The zero-order valence-electron chi connectivity index (χ0n) is 52.5. The maximum Gasteiger partial charge on any atom is 3.00 e. The van der Waals surface area contributed by atoms with Crippen molar-refractivity contribution in [1.29, 1.82) is 0 Å². The summed E-state index contributed by atoms with van der Waals surface area (Å²) in [7, 11) is 0. The maximum atomic E-state index is 10.0. The summed E-state index contributed by atoms with van der Waals surface area (Å²) in [5.74, 6) is 2.34. The van der Waals surface area contributed by atoms with E-state index in [-0.39, 0.29) is 71.0 Å². The van der Waals surface area contributed by atoms with E-state index < -0.39 is 0 Å². The molecule has 2 aliphatic carbocycles. The number of nitrogens with zero attached hydrogens (tertiary/aromatic N) is 6. The summed E-state index contributed by atoms with van der Waals surface area (Å²) in [6, 6.07) is 85.1. The summed E-state index contributed by atoms with van der Waals surface area (Å²) in [5, 5.41) is 25.8. The fourth-order valence-electron chi connectivity index (χ4n) is 8.26. The van der Waals surface area contributed by atoms with Crippen LogP contribution in [0.1, 0.15) is 27.8 Å². The minimum atomic E-state index is 0. The van der Waals surface area contributed by atoms with Crippen LogP contribution < -0.4 is 0 Å². The number of rotatable bonds is 27. The molecular weight excluding hydrogens is 1330 g/mol. The Bertz CT molecular complexity index is 3420. The average Bonchev–Trinajstić information content (AvgIpc) is 1.76. The van der Waals surface area contributed by atoms with Crippen molar-refractivity contribution in [3.05, 3.63) is 351 Å². The third-order valence-corrected chi connectivity index (χ3v) is 12.9. The first kappa shape index (κ1) is 79.4. The van der Waals surface area contributed by atoms with Gasteiger partial charge in [0.2, 0.25) is 0 Å². The Morgan fingerprint density at radius 3 is 1.09 bits per heavy atom. The summed E-state index contributed by atoms with van der Waals surface area (Å²) >= 11 is 0. The molecule has 0 bridgehead atoms. The molecule has 0 heterocycles. The first-order valence-corrected chi connectivity index (χ1v) is 29.9. The van der Waals surface area contributed by atoms with E-state index in [9.17, 15) is 14.4 Å². The van der Waals surface area contributed by atoms with Crippen molar-refractivity contribution in [2.45, 2.75) is 19.8 Å². The summed E-state index contributed by atoms with van der Waals surface area (Å²) < 4.78 is 29.9. The summed E-state index contributed by atoms with van der Waals surface area (Å²) in [4.78, 5) is 30.1. The molecule has 1 fully saturated rings. The first-order valence-electron chi connectivity index (χ1n) is 29.9. The molecule has 489 valence electrons. The van der Waals surface area contributed by atoms with E-state index in [2.05, 4.69) is 101 Å². The van der Waals surface area contributed by atoms with Crippen LogP contribution in [0.4, 0.5) is 34.1 Å². The number of hydrogen-bond donors (Lipinski definition) is 0. The van der Waals surface area contributed by atoms with Crippen LogP contribution in [0.25, 0.3) is 11.1 Å². The Hall–Kier alpha value is -9.02. The number of allylic oxidation sites excluding steroid dienone is 2. The Morgan fingerprint density at radius 2 is 0.750 bits per heavy atom. The van der Waals surface area contributed by atoms with Gasteiger partial charge in [0.15, 0.2) is 0 Å². The standard InChI is InChI=1S/3C21H19N2O3.3C5H5.3Fe/c3*24-16-26-13-12-25-15-17-8-10-20(11-9-17)22-23-21-7-3-6-19(14-21)18-4-1-2-5-18;3*1-2-4-5-3-1;;;/h3*1-11,14,16H,12-13,15H2;3*1-5H;;;/q6*-1;3*+3. The first-order chi connectivity index (χ1) is 46.0. The third kappa shape index (κ3) is 32.9. The molecule has 0 unspecified atom stereocenters. The Kier molecular flexibility index (Phi) is 41.7. The molecule has 9 radical (unpaired) electrons. The molecule has 10 aromatic carbocycles. The minimum absolute atomic E-state index is 0. The van der Waals surface area contributed by atoms with E-state index in [1.54, 1.807) is 0 Å². The van der Waals surface area contributed by atoms with Crippen LogP contribution in [0.2, 0.25) is 0 Å². The fraction of sp³-hybridized carbons (Fsp3) is 0.115. The zero-order chi connectivity index (χ0) is 64.7. The summed E-state index contributed by atoms with van der Waals surface area (Å²) in [6.45, 7) is 4.54. The van der Waals surface area contributed by atoms with Gasteiger partial charge in [-0.1, -0.05) is 102 Å². The van der Waals surface area contributed by atoms with Crippen LogP contribution in [-0.2, 0) is 114 Å². The van der Waals surface area contributed by atoms with Gasteiger partial charge in [-0.15, -0.1) is 12.5 Å². The molecule has 0 N–H and O–H groups in total. The SMILES string of the molecule is O=COCCOCc1ccc(N=Nc2cccc(-c3ccc[cH-]3)c2)cc1.O=COCCOCc1ccc(N=Nc2cccc([C]3[CH]C=C[CH-]3)c2)cc1.O=COCCOCc1ccc(N=Nc2cccc([C]3[CH][CH][CH-][CH]3)c2)cc1.[Fe+3].[Fe+3].[Fe+3].c1cc[cH-]c1.c1cc[cH-]c1.c1cc[cH-]c1. The normalized spacial score (nSPS) is 12.0. The topological polar surface area (TPSA) is 181 Å². The molecule has 0 atom stereocenters. The predicted octanol–water partition coefficient (Wildman–Crippen LogP) is 18.6. The van der Waals surface area contributed by atoms with Gasteiger partial charge in [0.05, 0.1) is 73.8 Å². The Balaban J connectivity index is 0.000000270. The minimum Gasteiger partial charge on any atom is -0.465 e. The number of carbonyl (C=O) groups excluding carboxylic acids is 3. The number of hydrogen-bond acceptors (Lipinski definition) is 15. The van der Waals surface area contributed by atoms with Crippen molar-refractivity contribution < 1.29 is 94.0 Å². The monoisotopic (exact) mass is 1400 g/mol. The molecule has 0 saturated heterocycles.